The van der Waals surface area contributed by atoms with Crippen LogP contribution in [-0.2, 0) is 0 Å². The Morgan fingerprint density at radius 3 is 2.78 bits per heavy atom. The van der Waals surface area contributed by atoms with Gasteiger partial charge in [-0.1, -0.05) is 53.7 Å². The molecule has 0 unspecified atom stereocenters. The number of nitrogens with one attached hydrogen (secondary N) is 1. The summed E-state index contributed by atoms with van der Waals surface area (Å²) in [7, 11) is 0. The molecule has 0 fully saturated rings. The summed E-state index contributed by atoms with van der Waals surface area (Å²) >= 11 is 0. The minimum absolute atomic E-state index is 0.255. The number of hydrogen-bond acceptors (Lipinski definition) is 5. The number of benzene rings is 2. The van der Waals surface area contributed by atoms with Gasteiger partial charge in [-0.15, -0.1) is 0 Å². The van der Waals surface area contributed by atoms with Crippen LogP contribution < -0.4 is 10.1 Å². The number of hydrogen-bond donors (Lipinski definition) is 1. The minimum atomic E-state index is -0.255. The van der Waals surface area contributed by atoms with Gasteiger partial charge in [0.2, 0.25) is 0 Å². The first kappa shape index (κ1) is 16.8. The highest BCUT2D eigenvalue weighted by molar-refractivity contribution is 5.99. The van der Waals surface area contributed by atoms with Gasteiger partial charge in [0.15, 0.2) is 0 Å². The second-order valence-electron chi connectivity index (χ2n) is 5.88. The number of rotatable bonds is 6. The van der Waals surface area contributed by atoms with E-state index in [-0.39, 0.29) is 5.91 Å². The first-order valence-electron chi connectivity index (χ1n) is 8.57. The third-order valence-electron chi connectivity index (χ3n) is 4.10. The smallest absolute Gasteiger partial charge is 0.257 e. The number of para-hydroxylation sites is 1. The number of carbonyl (C=O) groups is 1. The zero-order valence-electron chi connectivity index (χ0n) is 14.5. The molecular formula is C21H17N3O3. The van der Waals surface area contributed by atoms with E-state index in [1.807, 2.05) is 60.7 Å². The molecule has 6 heteroatoms. The van der Waals surface area contributed by atoms with Crippen LogP contribution in [0.25, 0.3) is 22.2 Å². The Morgan fingerprint density at radius 2 is 1.89 bits per heavy atom. The molecule has 6 nitrogen and oxygen atoms in total. The molecule has 2 heterocycles. The molecule has 1 N–H and O–H groups in total. The standard InChI is InChI=1S/C21H17N3O3/c25-21(17-14-27-24-19(17)15-6-2-1-3-7-15)23-12-13-26-18-10-4-8-16-9-5-11-22-20(16)18/h1-11,14H,12-13H2,(H,23,25). The Morgan fingerprint density at radius 1 is 1.04 bits per heavy atom. The fourth-order valence-electron chi connectivity index (χ4n) is 2.82. The molecule has 0 spiro atoms. The molecule has 0 atom stereocenters. The van der Waals surface area contributed by atoms with Gasteiger partial charge in [0.1, 0.15) is 35.4 Å². The average molecular weight is 359 g/mol. The van der Waals surface area contributed by atoms with Crippen molar-refractivity contribution in [1.29, 1.82) is 0 Å². The van der Waals surface area contributed by atoms with Crippen molar-refractivity contribution in [2.24, 2.45) is 0 Å². The van der Waals surface area contributed by atoms with Crippen LogP contribution >= 0.6 is 0 Å². The fourth-order valence-corrected chi connectivity index (χ4v) is 2.82. The summed E-state index contributed by atoms with van der Waals surface area (Å²) in [5.41, 5.74) is 2.55. The molecule has 1 amide bonds. The number of carbonyl (C=O) groups excluding carboxylic acids is 1. The fraction of sp³-hybridized carbons (Fsp3) is 0.0952. The topological polar surface area (TPSA) is 77.2 Å². The van der Waals surface area contributed by atoms with E-state index in [2.05, 4.69) is 15.5 Å². The Bertz CT molecular complexity index is 1060. The van der Waals surface area contributed by atoms with Gasteiger partial charge in [-0.05, 0) is 12.1 Å². The highest BCUT2D eigenvalue weighted by atomic mass is 16.5. The Kier molecular flexibility index (Phi) is 4.78. The lowest BCUT2D eigenvalue weighted by Crippen LogP contribution is -2.28. The van der Waals surface area contributed by atoms with Crippen molar-refractivity contribution in [1.82, 2.24) is 15.5 Å². The lowest BCUT2D eigenvalue weighted by atomic mass is 10.1. The molecule has 0 aliphatic heterocycles. The van der Waals surface area contributed by atoms with Crippen LogP contribution in [-0.4, -0.2) is 29.2 Å². The maximum Gasteiger partial charge on any atom is 0.257 e. The van der Waals surface area contributed by atoms with Crippen molar-refractivity contribution in [3.8, 4) is 17.0 Å². The van der Waals surface area contributed by atoms with Crippen molar-refractivity contribution in [3.63, 3.8) is 0 Å². The highest BCUT2D eigenvalue weighted by Crippen LogP contribution is 2.23. The van der Waals surface area contributed by atoms with Gasteiger partial charge < -0.3 is 14.6 Å². The molecule has 0 bridgehead atoms. The van der Waals surface area contributed by atoms with E-state index in [4.69, 9.17) is 9.26 Å². The Hall–Kier alpha value is -3.67. The number of pyridine rings is 1. The first-order chi connectivity index (χ1) is 13.3. The van der Waals surface area contributed by atoms with Crippen molar-refractivity contribution >= 4 is 16.8 Å². The normalized spacial score (nSPS) is 10.7. The van der Waals surface area contributed by atoms with Gasteiger partial charge in [0.05, 0.1) is 6.54 Å². The van der Waals surface area contributed by atoms with Crippen LogP contribution in [0.2, 0.25) is 0 Å². The minimum Gasteiger partial charge on any atom is -0.489 e. The number of aromatic nitrogens is 2. The second-order valence-corrected chi connectivity index (χ2v) is 5.88. The molecule has 4 rings (SSSR count). The lowest BCUT2D eigenvalue weighted by Gasteiger charge is -2.09. The molecule has 0 saturated heterocycles. The summed E-state index contributed by atoms with van der Waals surface area (Å²) in [6, 6.07) is 19.1. The Labute approximate surface area is 155 Å². The number of ether oxygens (including phenoxy) is 1. The summed E-state index contributed by atoms with van der Waals surface area (Å²) in [6.07, 6.45) is 3.08. The molecule has 27 heavy (non-hydrogen) atoms. The van der Waals surface area contributed by atoms with Gasteiger partial charge in [-0.2, -0.15) is 0 Å². The quantitative estimate of drug-likeness (QED) is 0.531. The van der Waals surface area contributed by atoms with E-state index >= 15 is 0 Å². The van der Waals surface area contributed by atoms with Crippen LogP contribution in [0.5, 0.6) is 5.75 Å². The van der Waals surface area contributed by atoms with E-state index in [9.17, 15) is 4.79 Å². The SMILES string of the molecule is O=C(NCCOc1cccc2cccnc12)c1conc1-c1ccccc1. The van der Waals surface area contributed by atoms with Crippen LogP contribution in [0.15, 0.2) is 77.6 Å². The van der Waals surface area contributed by atoms with Crippen LogP contribution in [0.3, 0.4) is 0 Å². The monoisotopic (exact) mass is 359 g/mol. The van der Waals surface area contributed by atoms with Crippen LogP contribution in [0, 0.1) is 0 Å². The average Bonchev–Trinajstić information content (AvgIpc) is 3.22. The van der Waals surface area contributed by atoms with E-state index in [0.29, 0.717) is 30.2 Å². The molecule has 2 aromatic carbocycles. The zero-order chi connectivity index (χ0) is 18.5. The zero-order valence-corrected chi connectivity index (χ0v) is 14.5. The van der Waals surface area contributed by atoms with Crippen molar-refractivity contribution < 1.29 is 14.1 Å². The summed E-state index contributed by atoms with van der Waals surface area (Å²) < 4.78 is 10.8. The summed E-state index contributed by atoms with van der Waals surface area (Å²) in [4.78, 5) is 16.8. The van der Waals surface area contributed by atoms with E-state index in [0.717, 1.165) is 16.5 Å². The molecule has 0 aliphatic carbocycles. The number of fused-ring (bicyclic) bond motifs is 1. The Balaban J connectivity index is 1.37. The maximum absolute atomic E-state index is 12.4. The van der Waals surface area contributed by atoms with E-state index < -0.39 is 0 Å². The van der Waals surface area contributed by atoms with Crippen molar-refractivity contribution in [2.75, 3.05) is 13.2 Å². The summed E-state index contributed by atoms with van der Waals surface area (Å²) in [6.45, 7) is 0.675. The molecule has 0 aliphatic rings. The third-order valence-corrected chi connectivity index (χ3v) is 4.10. The maximum atomic E-state index is 12.4. The highest BCUT2D eigenvalue weighted by Gasteiger charge is 2.17. The molecule has 0 radical (unpaired) electrons. The summed E-state index contributed by atoms with van der Waals surface area (Å²) in [5.74, 6) is 0.437. The second kappa shape index (κ2) is 7.70. The van der Waals surface area contributed by atoms with E-state index in [1.165, 1.54) is 6.26 Å². The van der Waals surface area contributed by atoms with E-state index in [1.54, 1.807) is 6.20 Å². The molecular weight excluding hydrogens is 342 g/mol. The molecule has 2 aromatic heterocycles. The van der Waals surface area contributed by atoms with Gasteiger partial charge in [0, 0.05) is 17.1 Å². The predicted octanol–water partition coefficient (Wildman–Crippen LogP) is 3.70. The van der Waals surface area contributed by atoms with Crippen molar-refractivity contribution in [2.45, 2.75) is 0 Å². The van der Waals surface area contributed by atoms with Gasteiger partial charge >= 0.3 is 0 Å². The predicted molar refractivity (Wildman–Crippen MR) is 102 cm³/mol. The van der Waals surface area contributed by atoms with Crippen molar-refractivity contribution in [3.05, 3.63) is 78.7 Å². The van der Waals surface area contributed by atoms with Crippen LogP contribution in [0.4, 0.5) is 0 Å². The third kappa shape index (κ3) is 3.64. The molecule has 4 aromatic rings. The number of nitrogens with zero attached hydrogens (tertiary/aromatic N) is 2. The first-order valence-corrected chi connectivity index (χ1v) is 8.57. The largest absolute Gasteiger partial charge is 0.489 e. The summed E-state index contributed by atoms with van der Waals surface area (Å²) in [5, 5.41) is 7.78. The van der Waals surface area contributed by atoms with Gasteiger partial charge in [-0.3, -0.25) is 9.78 Å². The lowest BCUT2D eigenvalue weighted by molar-refractivity contribution is 0.0947. The molecule has 134 valence electrons. The molecule has 0 saturated carbocycles. The van der Waals surface area contributed by atoms with Gasteiger partial charge in [-0.25, -0.2) is 0 Å². The van der Waals surface area contributed by atoms with Crippen LogP contribution in [0.1, 0.15) is 10.4 Å². The number of amides is 1. The van der Waals surface area contributed by atoms with Gasteiger partial charge in [0.25, 0.3) is 5.91 Å².